The smallest absolute Gasteiger partial charge is 0.349 e. The van der Waals surface area contributed by atoms with Gasteiger partial charge in [-0.2, -0.15) is 0 Å². The molecule has 0 N–H and O–H groups in total. The predicted molar refractivity (Wildman–Crippen MR) is 77.7 cm³/mol. The van der Waals surface area contributed by atoms with E-state index in [4.69, 9.17) is 9.47 Å². The molecule has 1 spiro atoms. The molecule has 3 rings (SSSR count). The van der Waals surface area contributed by atoms with E-state index in [0.717, 1.165) is 12.8 Å². The third-order valence-corrected chi connectivity index (χ3v) is 4.35. The number of non-ortho nitro benzene ring substituents is 1. The highest BCUT2D eigenvalue weighted by atomic mass is 16.6. The van der Waals surface area contributed by atoms with Crippen molar-refractivity contribution in [3.8, 4) is 0 Å². The van der Waals surface area contributed by atoms with E-state index in [1.54, 1.807) is 12.1 Å². The summed E-state index contributed by atoms with van der Waals surface area (Å²) >= 11 is 0. The van der Waals surface area contributed by atoms with Gasteiger partial charge in [0.05, 0.1) is 12.0 Å². The fraction of sp³-hybridized carbons (Fsp3) is 0.467. The molecule has 0 unspecified atom stereocenters. The van der Waals surface area contributed by atoms with Crippen LogP contribution in [0.1, 0.15) is 25.3 Å². The number of esters is 1. The quantitative estimate of drug-likeness (QED) is 0.482. The van der Waals surface area contributed by atoms with Crippen LogP contribution in [0.15, 0.2) is 29.3 Å². The molecule has 1 aliphatic heterocycles. The molecular formula is C15H16N2O5. The SMILES string of the molecule is CC[C@H]1C[C@@]12N=C(c1ccc([N+](=O)[O-])cc1)O[C@@H]2C(=O)OC. The lowest BCUT2D eigenvalue weighted by atomic mass is 10.1. The first-order valence-corrected chi connectivity index (χ1v) is 7.11. The molecule has 1 aromatic rings. The second kappa shape index (κ2) is 5.08. The molecule has 0 saturated heterocycles. The molecule has 0 radical (unpaired) electrons. The van der Waals surface area contributed by atoms with Gasteiger partial charge in [0.15, 0.2) is 0 Å². The summed E-state index contributed by atoms with van der Waals surface area (Å²) in [4.78, 5) is 26.8. The normalized spacial score (nSPS) is 28.9. The monoisotopic (exact) mass is 304 g/mol. The zero-order chi connectivity index (χ0) is 15.9. The van der Waals surface area contributed by atoms with E-state index < -0.39 is 22.5 Å². The molecule has 116 valence electrons. The molecule has 2 aliphatic rings. The van der Waals surface area contributed by atoms with Crippen molar-refractivity contribution < 1.29 is 19.2 Å². The van der Waals surface area contributed by atoms with Gasteiger partial charge in [-0.25, -0.2) is 9.79 Å². The molecule has 1 heterocycles. The molecule has 7 nitrogen and oxygen atoms in total. The molecule has 22 heavy (non-hydrogen) atoms. The number of hydrogen-bond donors (Lipinski definition) is 0. The standard InChI is InChI=1S/C15H16N2O5/c1-3-10-8-15(10)12(14(18)21-2)22-13(16-15)9-4-6-11(7-5-9)17(19)20/h4-7,10,12H,3,8H2,1-2H3/t10-,12+,15+/m0/s1. The van der Waals surface area contributed by atoms with Crippen LogP contribution in [0, 0.1) is 16.0 Å². The Bertz CT molecular complexity index is 654. The number of aliphatic imine (C=N–C) groups is 1. The fourth-order valence-corrected chi connectivity index (χ4v) is 3.00. The van der Waals surface area contributed by atoms with Crippen molar-refractivity contribution in [2.45, 2.75) is 31.4 Å². The molecule has 1 fully saturated rings. The van der Waals surface area contributed by atoms with Crippen molar-refractivity contribution in [2.24, 2.45) is 10.9 Å². The Morgan fingerprint density at radius 3 is 2.68 bits per heavy atom. The summed E-state index contributed by atoms with van der Waals surface area (Å²) in [6.45, 7) is 2.05. The lowest BCUT2D eigenvalue weighted by molar-refractivity contribution is -0.384. The summed E-state index contributed by atoms with van der Waals surface area (Å²) in [5, 5.41) is 10.7. The van der Waals surface area contributed by atoms with E-state index in [-0.39, 0.29) is 5.69 Å². The van der Waals surface area contributed by atoms with Crippen LogP contribution in [0.2, 0.25) is 0 Å². The molecule has 3 atom stereocenters. The average Bonchev–Trinajstić information content (AvgIpc) is 3.10. The zero-order valence-electron chi connectivity index (χ0n) is 12.3. The van der Waals surface area contributed by atoms with Crippen LogP contribution in [0.4, 0.5) is 5.69 Å². The summed E-state index contributed by atoms with van der Waals surface area (Å²) in [5.74, 6) is 0.213. The molecule has 7 heteroatoms. The Hall–Kier alpha value is -2.44. The molecule has 0 amide bonds. The van der Waals surface area contributed by atoms with Gasteiger partial charge < -0.3 is 9.47 Å². The minimum absolute atomic E-state index is 0.000523. The number of nitrogens with zero attached hydrogens (tertiary/aromatic N) is 2. The first-order valence-electron chi connectivity index (χ1n) is 7.11. The number of carbonyl (C=O) groups is 1. The van der Waals surface area contributed by atoms with Gasteiger partial charge in [-0.05, 0) is 24.5 Å². The van der Waals surface area contributed by atoms with Gasteiger partial charge in [0.25, 0.3) is 5.69 Å². The number of hydrogen-bond acceptors (Lipinski definition) is 6. The highest BCUT2D eigenvalue weighted by Gasteiger charge is 2.66. The Balaban J connectivity index is 1.89. The molecular weight excluding hydrogens is 288 g/mol. The molecule has 0 aromatic heterocycles. The minimum Gasteiger partial charge on any atom is -0.466 e. The number of rotatable bonds is 4. The van der Waals surface area contributed by atoms with Crippen LogP contribution in [0.25, 0.3) is 0 Å². The van der Waals surface area contributed by atoms with Crippen molar-refractivity contribution in [2.75, 3.05) is 7.11 Å². The van der Waals surface area contributed by atoms with E-state index in [9.17, 15) is 14.9 Å². The van der Waals surface area contributed by atoms with E-state index in [1.807, 2.05) is 6.92 Å². The summed E-state index contributed by atoms with van der Waals surface area (Å²) in [7, 11) is 1.33. The van der Waals surface area contributed by atoms with Crippen molar-refractivity contribution in [1.29, 1.82) is 0 Å². The Labute approximate surface area is 127 Å². The maximum atomic E-state index is 11.9. The van der Waals surface area contributed by atoms with Crippen molar-refractivity contribution in [1.82, 2.24) is 0 Å². The zero-order valence-corrected chi connectivity index (χ0v) is 12.3. The third-order valence-electron chi connectivity index (χ3n) is 4.35. The van der Waals surface area contributed by atoms with E-state index in [2.05, 4.69) is 4.99 Å². The second-order valence-electron chi connectivity index (χ2n) is 5.54. The van der Waals surface area contributed by atoms with Gasteiger partial charge in [0.1, 0.15) is 5.54 Å². The summed E-state index contributed by atoms with van der Waals surface area (Å²) in [6, 6.07) is 5.94. The van der Waals surface area contributed by atoms with Gasteiger partial charge in [0.2, 0.25) is 12.0 Å². The molecule has 1 saturated carbocycles. The minimum atomic E-state index is -0.729. The van der Waals surface area contributed by atoms with Gasteiger partial charge in [-0.3, -0.25) is 10.1 Å². The van der Waals surface area contributed by atoms with Gasteiger partial charge in [-0.1, -0.05) is 13.3 Å². The first kappa shape index (κ1) is 14.5. The van der Waals surface area contributed by atoms with Crippen LogP contribution in [0.5, 0.6) is 0 Å². The number of methoxy groups -OCH3 is 1. The van der Waals surface area contributed by atoms with Gasteiger partial charge in [0, 0.05) is 17.7 Å². The number of carbonyl (C=O) groups excluding carboxylic acids is 1. The Morgan fingerprint density at radius 1 is 1.50 bits per heavy atom. The Morgan fingerprint density at radius 2 is 2.18 bits per heavy atom. The molecule has 0 bridgehead atoms. The van der Waals surface area contributed by atoms with E-state index in [0.29, 0.717) is 17.4 Å². The maximum Gasteiger partial charge on any atom is 0.349 e. The van der Waals surface area contributed by atoms with Gasteiger partial charge >= 0.3 is 5.97 Å². The molecule has 1 aliphatic carbocycles. The number of nitro groups is 1. The lowest BCUT2D eigenvalue weighted by Gasteiger charge is -2.15. The second-order valence-corrected chi connectivity index (χ2v) is 5.54. The van der Waals surface area contributed by atoms with Crippen LogP contribution in [-0.4, -0.2) is 35.5 Å². The van der Waals surface area contributed by atoms with Crippen molar-refractivity contribution in [3.63, 3.8) is 0 Å². The third kappa shape index (κ3) is 2.13. The summed E-state index contributed by atoms with van der Waals surface area (Å²) < 4.78 is 10.5. The molecule has 1 aromatic carbocycles. The fourth-order valence-electron chi connectivity index (χ4n) is 3.00. The topological polar surface area (TPSA) is 91.0 Å². The van der Waals surface area contributed by atoms with Crippen LogP contribution < -0.4 is 0 Å². The highest BCUT2D eigenvalue weighted by Crippen LogP contribution is 2.55. The van der Waals surface area contributed by atoms with E-state index >= 15 is 0 Å². The summed E-state index contributed by atoms with van der Waals surface area (Å²) in [6.07, 6.45) is 0.973. The first-order chi connectivity index (χ1) is 10.5. The predicted octanol–water partition coefficient (Wildman–Crippen LogP) is 2.08. The van der Waals surface area contributed by atoms with Gasteiger partial charge in [-0.15, -0.1) is 0 Å². The number of ether oxygens (including phenoxy) is 2. The number of benzene rings is 1. The van der Waals surface area contributed by atoms with Crippen molar-refractivity contribution >= 4 is 17.6 Å². The van der Waals surface area contributed by atoms with Crippen LogP contribution in [-0.2, 0) is 14.3 Å². The summed E-state index contributed by atoms with van der Waals surface area (Å²) in [5.41, 5.74) is 0.0939. The number of nitro benzene ring substituents is 1. The lowest BCUT2D eigenvalue weighted by Crippen LogP contribution is -2.35. The maximum absolute atomic E-state index is 11.9. The van der Waals surface area contributed by atoms with E-state index in [1.165, 1.54) is 19.2 Å². The Kier molecular flexibility index (Phi) is 3.35. The highest BCUT2D eigenvalue weighted by molar-refractivity contribution is 5.99. The average molecular weight is 304 g/mol. The van der Waals surface area contributed by atoms with Crippen molar-refractivity contribution in [3.05, 3.63) is 39.9 Å². The largest absolute Gasteiger partial charge is 0.466 e. The van der Waals surface area contributed by atoms with Crippen LogP contribution >= 0.6 is 0 Å². The van der Waals surface area contributed by atoms with Crippen LogP contribution in [0.3, 0.4) is 0 Å².